The maximum atomic E-state index is 13.2. The summed E-state index contributed by atoms with van der Waals surface area (Å²) in [6.45, 7) is 0.357. The second kappa shape index (κ2) is 6.95. The van der Waals surface area contributed by atoms with E-state index >= 15 is 0 Å². The van der Waals surface area contributed by atoms with Crippen LogP contribution in [0.4, 0.5) is 19.0 Å². The lowest BCUT2D eigenvalue weighted by atomic mass is 10.0. The van der Waals surface area contributed by atoms with Gasteiger partial charge in [0.2, 0.25) is 5.91 Å². The smallest absolute Gasteiger partial charge is 0.296 e. The SMILES string of the molecule is CS(=O)(=O)c1cccc(-c2cc(C(F)(F)F)cnc2N2CCCCC2=O)c1. The minimum Gasteiger partial charge on any atom is -0.296 e. The predicted octanol–water partition coefficient (Wildman–Crippen LogP) is 3.69. The normalized spacial score (nSPS) is 15.9. The molecule has 0 saturated carbocycles. The van der Waals surface area contributed by atoms with Crippen LogP contribution in [0.15, 0.2) is 41.4 Å². The summed E-state index contributed by atoms with van der Waals surface area (Å²) in [7, 11) is -3.54. The summed E-state index contributed by atoms with van der Waals surface area (Å²) in [5.41, 5.74) is -0.633. The lowest BCUT2D eigenvalue weighted by molar-refractivity contribution is -0.137. The molecule has 1 amide bonds. The number of halogens is 3. The van der Waals surface area contributed by atoms with E-state index in [1.54, 1.807) is 0 Å². The van der Waals surface area contributed by atoms with Crippen LogP contribution in [0.25, 0.3) is 11.1 Å². The van der Waals surface area contributed by atoms with Crippen molar-refractivity contribution in [1.82, 2.24) is 4.98 Å². The fraction of sp³-hybridized carbons (Fsp3) is 0.333. The van der Waals surface area contributed by atoms with Crippen molar-refractivity contribution in [3.05, 3.63) is 42.1 Å². The number of benzene rings is 1. The third-order valence-electron chi connectivity index (χ3n) is 4.35. The van der Waals surface area contributed by atoms with E-state index in [2.05, 4.69) is 4.98 Å². The van der Waals surface area contributed by atoms with Crippen LogP contribution in [0, 0.1) is 0 Å². The first-order valence-electron chi connectivity index (χ1n) is 8.25. The third-order valence-corrected chi connectivity index (χ3v) is 5.46. The van der Waals surface area contributed by atoms with Crippen LogP contribution in [0.1, 0.15) is 24.8 Å². The Morgan fingerprint density at radius 3 is 2.52 bits per heavy atom. The van der Waals surface area contributed by atoms with Gasteiger partial charge in [-0.3, -0.25) is 9.69 Å². The molecule has 0 spiro atoms. The lowest BCUT2D eigenvalue weighted by Gasteiger charge is -2.28. The van der Waals surface area contributed by atoms with Gasteiger partial charge in [-0.15, -0.1) is 0 Å². The standard InChI is InChI=1S/C18H17F3N2O3S/c1-27(25,26)14-6-4-5-12(9-14)15-10-13(18(19,20)21)11-22-17(15)23-8-3-2-7-16(23)24/h4-6,9-11H,2-3,7-8H2,1H3. The number of nitrogens with zero attached hydrogens (tertiary/aromatic N) is 2. The number of hydrogen-bond acceptors (Lipinski definition) is 4. The Morgan fingerprint density at radius 2 is 1.89 bits per heavy atom. The maximum Gasteiger partial charge on any atom is 0.417 e. The Bertz CT molecular complexity index is 988. The zero-order chi connectivity index (χ0) is 19.8. The number of hydrogen-bond donors (Lipinski definition) is 0. The number of sulfone groups is 1. The molecule has 1 aliphatic rings. The molecule has 5 nitrogen and oxygen atoms in total. The zero-order valence-corrected chi connectivity index (χ0v) is 15.3. The molecule has 0 aliphatic carbocycles. The number of amides is 1. The van der Waals surface area contributed by atoms with Crippen molar-refractivity contribution < 1.29 is 26.4 Å². The van der Waals surface area contributed by atoms with Gasteiger partial charge in [-0.25, -0.2) is 13.4 Å². The zero-order valence-electron chi connectivity index (χ0n) is 14.5. The van der Waals surface area contributed by atoms with Crippen LogP contribution in [-0.4, -0.2) is 32.1 Å². The second-order valence-corrected chi connectivity index (χ2v) is 8.41. The number of anilines is 1. The Balaban J connectivity index is 2.20. The fourth-order valence-corrected chi connectivity index (χ4v) is 3.63. The fourth-order valence-electron chi connectivity index (χ4n) is 2.96. The number of carbonyl (C=O) groups is 1. The van der Waals surface area contributed by atoms with Gasteiger partial charge < -0.3 is 0 Å². The van der Waals surface area contributed by atoms with Crippen molar-refractivity contribution in [2.45, 2.75) is 30.3 Å². The van der Waals surface area contributed by atoms with E-state index in [0.717, 1.165) is 25.2 Å². The van der Waals surface area contributed by atoms with Gasteiger partial charge >= 0.3 is 6.18 Å². The maximum absolute atomic E-state index is 13.2. The minimum absolute atomic E-state index is 0.0201. The molecule has 1 saturated heterocycles. The molecule has 9 heteroatoms. The molecule has 27 heavy (non-hydrogen) atoms. The summed E-state index contributed by atoms with van der Waals surface area (Å²) in [5, 5.41) is 0. The number of carbonyl (C=O) groups excluding carboxylic acids is 1. The van der Waals surface area contributed by atoms with Gasteiger partial charge in [-0.2, -0.15) is 13.2 Å². The summed E-state index contributed by atoms with van der Waals surface area (Å²) in [4.78, 5) is 17.5. The van der Waals surface area contributed by atoms with Crippen LogP contribution in [-0.2, 0) is 20.8 Å². The van der Waals surface area contributed by atoms with E-state index in [9.17, 15) is 26.4 Å². The van der Waals surface area contributed by atoms with Crippen molar-refractivity contribution >= 4 is 21.6 Å². The molecule has 0 radical (unpaired) electrons. The summed E-state index contributed by atoms with van der Waals surface area (Å²) in [6.07, 6.45) is -1.16. The van der Waals surface area contributed by atoms with Crippen molar-refractivity contribution in [1.29, 1.82) is 0 Å². The molecule has 2 heterocycles. The quantitative estimate of drug-likeness (QED) is 0.791. The van der Waals surface area contributed by atoms with Crippen LogP contribution in [0.2, 0.25) is 0 Å². The monoisotopic (exact) mass is 398 g/mol. The van der Waals surface area contributed by atoms with E-state index in [0.29, 0.717) is 19.2 Å². The summed E-state index contributed by atoms with van der Waals surface area (Å²) < 4.78 is 63.2. The highest BCUT2D eigenvalue weighted by atomic mass is 32.2. The Labute approximate surface area is 154 Å². The first kappa shape index (κ1) is 19.3. The second-order valence-electron chi connectivity index (χ2n) is 6.40. The lowest BCUT2D eigenvalue weighted by Crippen LogP contribution is -2.36. The van der Waals surface area contributed by atoms with Crippen molar-refractivity contribution in [2.75, 3.05) is 17.7 Å². The van der Waals surface area contributed by atoms with Crippen molar-refractivity contribution in [3.8, 4) is 11.1 Å². The van der Waals surface area contributed by atoms with Crippen molar-refractivity contribution in [3.63, 3.8) is 0 Å². The van der Waals surface area contributed by atoms with Gasteiger partial charge in [-0.1, -0.05) is 12.1 Å². The summed E-state index contributed by atoms with van der Waals surface area (Å²) in [6, 6.07) is 6.53. The van der Waals surface area contributed by atoms with E-state index < -0.39 is 21.6 Å². The van der Waals surface area contributed by atoms with E-state index in [-0.39, 0.29) is 27.7 Å². The number of alkyl halides is 3. The highest BCUT2D eigenvalue weighted by molar-refractivity contribution is 7.90. The molecule has 1 fully saturated rings. The van der Waals surface area contributed by atoms with E-state index in [4.69, 9.17) is 0 Å². The summed E-state index contributed by atoms with van der Waals surface area (Å²) >= 11 is 0. The largest absolute Gasteiger partial charge is 0.417 e. The van der Waals surface area contributed by atoms with Crippen LogP contribution in [0.3, 0.4) is 0 Å². The Morgan fingerprint density at radius 1 is 1.15 bits per heavy atom. The molecule has 0 atom stereocenters. The Kier molecular flexibility index (Phi) is 4.98. The minimum atomic E-state index is -4.61. The van der Waals surface area contributed by atoms with Crippen LogP contribution < -0.4 is 4.90 Å². The molecule has 144 valence electrons. The van der Waals surface area contributed by atoms with Crippen LogP contribution >= 0.6 is 0 Å². The van der Waals surface area contributed by atoms with Crippen molar-refractivity contribution in [2.24, 2.45) is 0 Å². The molecule has 0 N–H and O–H groups in total. The van der Waals surface area contributed by atoms with E-state index in [1.165, 1.54) is 29.2 Å². The number of piperidine rings is 1. The molecule has 2 aromatic rings. The third kappa shape index (κ3) is 4.13. The molecule has 0 bridgehead atoms. The molecule has 3 rings (SSSR count). The molecule has 1 aromatic carbocycles. The van der Waals surface area contributed by atoms with E-state index in [1.807, 2.05) is 0 Å². The van der Waals surface area contributed by atoms with Crippen LogP contribution in [0.5, 0.6) is 0 Å². The first-order valence-corrected chi connectivity index (χ1v) is 10.1. The first-order chi connectivity index (χ1) is 12.6. The number of aromatic nitrogens is 1. The molecular weight excluding hydrogens is 381 g/mol. The molecule has 1 aromatic heterocycles. The predicted molar refractivity (Wildman–Crippen MR) is 94.0 cm³/mol. The van der Waals surface area contributed by atoms with Gasteiger partial charge in [-0.05, 0) is 36.6 Å². The highest BCUT2D eigenvalue weighted by Crippen LogP contribution is 2.37. The highest BCUT2D eigenvalue weighted by Gasteiger charge is 2.33. The van der Waals surface area contributed by atoms with Gasteiger partial charge in [0.05, 0.1) is 10.5 Å². The average molecular weight is 398 g/mol. The Hall–Kier alpha value is -2.42. The topological polar surface area (TPSA) is 67.3 Å². The van der Waals surface area contributed by atoms with Gasteiger partial charge in [0.15, 0.2) is 9.84 Å². The van der Waals surface area contributed by atoms with Gasteiger partial charge in [0.1, 0.15) is 5.82 Å². The molecule has 0 unspecified atom stereocenters. The summed E-state index contributed by atoms with van der Waals surface area (Å²) in [5.74, 6) is -0.104. The number of rotatable bonds is 3. The van der Waals surface area contributed by atoms with Gasteiger partial charge in [0, 0.05) is 31.0 Å². The average Bonchev–Trinajstić information content (AvgIpc) is 2.60. The molecular formula is C18H17F3N2O3S. The molecule has 1 aliphatic heterocycles. The number of pyridine rings is 1. The van der Waals surface area contributed by atoms with Gasteiger partial charge in [0.25, 0.3) is 0 Å².